The van der Waals surface area contributed by atoms with Gasteiger partial charge in [0.15, 0.2) is 0 Å². The molecule has 6 heteroatoms. The van der Waals surface area contributed by atoms with Gasteiger partial charge in [-0.1, -0.05) is 35.9 Å². The predicted octanol–water partition coefficient (Wildman–Crippen LogP) is 3.46. The van der Waals surface area contributed by atoms with Gasteiger partial charge in [-0.15, -0.1) is 0 Å². The van der Waals surface area contributed by atoms with Crippen LogP contribution in [-0.2, 0) is 16.1 Å². The van der Waals surface area contributed by atoms with Crippen LogP contribution in [0.25, 0.3) is 0 Å². The molecule has 1 fully saturated rings. The zero-order valence-corrected chi connectivity index (χ0v) is 16.3. The third-order valence-corrected chi connectivity index (χ3v) is 4.90. The Kier molecular flexibility index (Phi) is 7.24. The molecule has 1 saturated heterocycles. The van der Waals surface area contributed by atoms with E-state index in [9.17, 15) is 4.79 Å². The van der Waals surface area contributed by atoms with Crippen molar-refractivity contribution in [3.8, 4) is 0 Å². The van der Waals surface area contributed by atoms with E-state index in [4.69, 9.17) is 16.3 Å². The Balaban J connectivity index is 1.44. The highest BCUT2D eigenvalue weighted by atomic mass is 35.5. The average molecular weight is 388 g/mol. The Morgan fingerprint density at radius 3 is 2.63 bits per heavy atom. The zero-order chi connectivity index (χ0) is 19.1. The van der Waals surface area contributed by atoms with Gasteiger partial charge in [0.25, 0.3) is 0 Å². The summed E-state index contributed by atoms with van der Waals surface area (Å²) in [6.45, 7) is 6.70. The molecule has 5 nitrogen and oxygen atoms in total. The number of anilines is 1. The fourth-order valence-electron chi connectivity index (χ4n) is 3.06. The van der Waals surface area contributed by atoms with Crippen molar-refractivity contribution < 1.29 is 9.53 Å². The molecule has 0 spiro atoms. The predicted molar refractivity (Wildman–Crippen MR) is 109 cm³/mol. The summed E-state index contributed by atoms with van der Waals surface area (Å²) in [4.78, 5) is 14.6. The molecule has 1 aliphatic rings. The van der Waals surface area contributed by atoms with Gasteiger partial charge in [-0.05, 0) is 42.3 Å². The van der Waals surface area contributed by atoms with E-state index in [0.717, 1.165) is 44.1 Å². The molecule has 0 unspecified atom stereocenters. The van der Waals surface area contributed by atoms with Crippen molar-refractivity contribution in [2.45, 2.75) is 19.5 Å². The number of morpholine rings is 1. The second-order valence-electron chi connectivity index (χ2n) is 6.79. The van der Waals surface area contributed by atoms with E-state index in [1.807, 2.05) is 43.3 Å². The van der Waals surface area contributed by atoms with E-state index in [1.165, 1.54) is 5.56 Å². The van der Waals surface area contributed by atoms with Gasteiger partial charge in [0.2, 0.25) is 5.91 Å². The number of hydrogen-bond acceptors (Lipinski definition) is 4. The van der Waals surface area contributed by atoms with Crippen molar-refractivity contribution in [3.63, 3.8) is 0 Å². The third kappa shape index (κ3) is 6.33. The van der Waals surface area contributed by atoms with Gasteiger partial charge in [-0.3, -0.25) is 9.69 Å². The molecule has 27 heavy (non-hydrogen) atoms. The first-order valence-corrected chi connectivity index (χ1v) is 9.66. The fourth-order valence-corrected chi connectivity index (χ4v) is 3.25. The van der Waals surface area contributed by atoms with E-state index in [2.05, 4.69) is 27.7 Å². The summed E-state index contributed by atoms with van der Waals surface area (Å²) in [5, 5.41) is 6.85. The van der Waals surface area contributed by atoms with Crippen LogP contribution in [0, 0.1) is 0 Å². The fraction of sp³-hybridized carbons (Fsp3) is 0.381. The van der Waals surface area contributed by atoms with Crippen molar-refractivity contribution in [3.05, 3.63) is 64.7 Å². The van der Waals surface area contributed by atoms with E-state index in [1.54, 1.807) is 0 Å². The SMILES string of the molecule is C[C@@H](NCC(=O)Nc1ccc(CN2CCOCC2)cc1)c1cccc(Cl)c1. The minimum absolute atomic E-state index is 0.0466. The summed E-state index contributed by atoms with van der Waals surface area (Å²) in [5.41, 5.74) is 3.10. The van der Waals surface area contributed by atoms with E-state index < -0.39 is 0 Å². The van der Waals surface area contributed by atoms with Gasteiger partial charge in [0.05, 0.1) is 19.8 Å². The highest BCUT2D eigenvalue weighted by Gasteiger charge is 2.11. The summed E-state index contributed by atoms with van der Waals surface area (Å²) >= 11 is 6.02. The molecule has 144 valence electrons. The van der Waals surface area contributed by atoms with Crippen LogP contribution < -0.4 is 10.6 Å². The minimum atomic E-state index is -0.0650. The summed E-state index contributed by atoms with van der Waals surface area (Å²) in [6, 6.07) is 15.7. The first-order valence-electron chi connectivity index (χ1n) is 9.28. The molecule has 0 aromatic heterocycles. The van der Waals surface area contributed by atoms with E-state index >= 15 is 0 Å². The van der Waals surface area contributed by atoms with Gasteiger partial charge in [0, 0.05) is 36.4 Å². The number of carbonyl (C=O) groups excluding carboxylic acids is 1. The summed E-state index contributed by atoms with van der Waals surface area (Å²) in [6.07, 6.45) is 0. The van der Waals surface area contributed by atoms with Crippen LogP contribution in [0.4, 0.5) is 5.69 Å². The van der Waals surface area contributed by atoms with Gasteiger partial charge in [-0.2, -0.15) is 0 Å². The van der Waals surface area contributed by atoms with Crippen LogP contribution in [0.1, 0.15) is 24.1 Å². The monoisotopic (exact) mass is 387 g/mol. The molecule has 3 rings (SSSR count). The molecule has 0 aliphatic carbocycles. The molecule has 2 N–H and O–H groups in total. The number of hydrogen-bond donors (Lipinski definition) is 2. The van der Waals surface area contributed by atoms with Gasteiger partial charge >= 0.3 is 0 Å². The summed E-state index contributed by atoms with van der Waals surface area (Å²) in [7, 11) is 0. The largest absolute Gasteiger partial charge is 0.379 e. The highest BCUT2D eigenvalue weighted by Crippen LogP contribution is 2.17. The maximum atomic E-state index is 12.2. The smallest absolute Gasteiger partial charge is 0.238 e. The van der Waals surface area contributed by atoms with Crippen molar-refractivity contribution in [2.75, 3.05) is 38.2 Å². The first-order chi connectivity index (χ1) is 13.1. The van der Waals surface area contributed by atoms with Crippen LogP contribution in [0.5, 0.6) is 0 Å². The molecule has 0 radical (unpaired) electrons. The lowest BCUT2D eigenvalue weighted by Crippen LogP contribution is -2.35. The van der Waals surface area contributed by atoms with E-state index in [0.29, 0.717) is 5.02 Å². The minimum Gasteiger partial charge on any atom is -0.379 e. The van der Waals surface area contributed by atoms with Crippen LogP contribution in [0.3, 0.4) is 0 Å². The van der Waals surface area contributed by atoms with Crippen LogP contribution in [-0.4, -0.2) is 43.7 Å². The molecule has 0 bridgehead atoms. The maximum Gasteiger partial charge on any atom is 0.238 e. The number of benzene rings is 2. The third-order valence-electron chi connectivity index (χ3n) is 4.67. The Hall–Kier alpha value is -1.92. The Morgan fingerprint density at radius 2 is 1.93 bits per heavy atom. The average Bonchev–Trinajstić information content (AvgIpc) is 2.68. The van der Waals surface area contributed by atoms with Crippen LogP contribution in [0.2, 0.25) is 5.02 Å². The number of carbonyl (C=O) groups is 1. The second kappa shape index (κ2) is 9.85. The molecule has 1 aliphatic heterocycles. The van der Waals surface area contributed by atoms with Gasteiger partial charge < -0.3 is 15.4 Å². The van der Waals surface area contributed by atoms with Crippen molar-refractivity contribution in [1.82, 2.24) is 10.2 Å². The zero-order valence-electron chi connectivity index (χ0n) is 15.6. The summed E-state index contributed by atoms with van der Waals surface area (Å²) in [5.74, 6) is -0.0650. The molecule has 1 atom stereocenters. The Labute approximate surface area is 165 Å². The lowest BCUT2D eigenvalue weighted by atomic mass is 10.1. The van der Waals surface area contributed by atoms with Gasteiger partial charge in [-0.25, -0.2) is 0 Å². The summed E-state index contributed by atoms with van der Waals surface area (Å²) < 4.78 is 5.37. The van der Waals surface area contributed by atoms with Crippen molar-refractivity contribution in [2.24, 2.45) is 0 Å². The molecular formula is C21H26ClN3O2. The number of nitrogens with zero attached hydrogens (tertiary/aromatic N) is 1. The number of amides is 1. The highest BCUT2D eigenvalue weighted by molar-refractivity contribution is 6.30. The quantitative estimate of drug-likeness (QED) is 0.763. The Morgan fingerprint density at radius 1 is 1.19 bits per heavy atom. The second-order valence-corrected chi connectivity index (χ2v) is 7.23. The van der Waals surface area contributed by atoms with Crippen LogP contribution in [0.15, 0.2) is 48.5 Å². The number of ether oxygens (including phenoxy) is 1. The topological polar surface area (TPSA) is 53.6 Å². The molecule has 2 aromatic carbocycles. The van der Waals surface area contributed by atoms with Crippen molar-refractivity contribution >= 4 is 23.2 Å². The maximum absolute atomic E-state index is 12.2. The molecule has 0 saturated carbocycles. The standard InChI is InChI=1S/C21H26ClN3O2/c1-16(18-3-2-4-19(22)13-18)23-14-21(26)24-20-7-5-17(6-8-20)15-25-9-11-27-12-10-25/h2-8,13,16,23H,9-12,14-15H2,1H3,(H,24,26)/t16-/m1/s1. The van der Waals surface area contributed by atoms with E-state index in [-0.39, 0.29) is 18.5 Å². The first kappa shape index (κ1) is 19.8. The number of rotatable bonds is 7. The molecule has 1 amide bonds. The Bertz CT molecular complexity index is 745. The van der Waals surface area contributed by atoms with Crippen molar-refractivity contribution in [1.29, 1.82) is 0 Å². The molecule has 1 heterocycles. The van der Waals surface area contributed by atoms with Gasteiger partial charge in [0.1, 0.15) is 0 Å². The lowest BCUT2D eigenvalue weighted by molar-refractivity contribution is -0.115. The van der Waals surface area contributed by atoms with Crippen LogP contribution >= 0.6 is 11.6 Å². The number of halogens is 1. The molecule has 2 aromatic rings. The lowest BCUT2D eigenvalue weighted by Gasteiger charge is -2.26. The molecular weight excluding hydrogens is 362 g/mol. The number of nitrogens with one attached hydrogen (secondary N) is 2. The normalized spacial score (nSPS) is 16.1.